The molecule has 0 bridgehead atoms. The molecule has 0 amide bonds. The van der Waals surface area contributed by atoms with Crippen LogP contribution in [-0.2, 0) is 0 Å². The van der Waals surface area contributed by atoms with Gasteiger partial charge in [-0.3, -0.25) is 0 Å². The molecule has 72 valence electrons. The van der Waals surface area contributed by atoms with Crippen molar-refractivity contribution in [1.29, 1.82) is 0 Å². The van der Waals surface area contributed by atoms with Crippen LogP contribution in [0.25, 0.3) is 0 Å². The minimum atomic E-state index is 0.897. The predicted molar refractivity (Wildman–Crippen MR) is 54.3 cm³/mol. The molecule has 0 aromatic rings. The Hall–Kier alpha value is -0.0400. The SMILES string of the molecule is CCC(C)CCCCNC1CC1. The maximum Gasteiger partial charge on any atom is 0.00682 e. The van der Waals surface area contributed by atoms with Gasteiger partial charge in [0.1, 0.15) is 0 Å². The molecule has 1 aliphatic rings. The Morgan fingerprint density at radius 3 is 2.67 bits per heavy atom. The first-order valence-corrected chi connectivity index (χ1v) is 5.56. The van der Waals surface area contributed by atoms with Crippen LogP contribution in [0.5, 0.6) is 0 Å². The molecule has 1 atom stereocenters. The van der Waals surface area contributed by atoms with Gasteiger partial charge in [0.25, 0.3) is 0 Å². The topological polar surface area (TPSA) is 12.0 Å². The molecule has 1 fully saturated rings. The summed E-state index contributed by atoms with van der Waals surface area (Å²) >= 11 is 0. The van der Waals surface area contributed by atoms with Crippen LogP contribution in [-0.4, -0.2) is 12.6 Å². The van der Waals surface area contributed by atoms with E-state index in [4.69, 9.17) is 0 Å². The second-order valence-electron chi connectivity index (χ2n) is 4.24. The summed E-state index contributed by atoms with van der Waals surface area (Å²) in [5.74, 6) is 0.936. The average molecular weight is 169 g/mol. The Kier molecular flexibility index (Phi) is 4.67. The molecule has 0 aromatic carbocycles. The highest BCUT2D eigenvalue weighted by Gasteiger charge is 2.19. The molecule has 1 nitrogen and oxygen atoms in total. The molecular weight excluding hydrogens is 146 g/mol. The number of unbranched alkanes of at least 4 members (excludes halogenated alkanes) is 1. The minimum absolute atomic E-state index is 0.897. The van der Waals surface area contributed by atoms with Gasteiger partial charge in [-0.1, -0.05) is 33.1 Å². The highest BCUT2D eigenvalue weighted by atomic mass is 14.9. The van der Waals surface area contributed by atoms with E-state index in [1.54, 1.807) is 0 Å². The molecule has 0 radical (unpaired) electrons. The monoisotopic (exact) mass is 169 g/mol. The van der Waals surface area contributed by atoms with E-state index in [9.17, 15) is 0 Å². The van der Waals surface area contributed by atoms with Crippen LogP contribution < -0.4 is 5.32 Å². The van der Waals surface area contributed by atoms with Crippen LogP contribution in [0.2, 0.25) is 0 Å². The fourth-order valence-corrected chi connectivity index (χ4v) is 1.42. The molecule has 1 N–H and O–H groups in total. The summed E-state index contributed by atoms with van der Waals surface area (Å²) in [5.41, 5.74) is 0. The molecule has 0 heterocycles. The van der Waals surface area contributed by atoms with Gasteiger partial charge in [0.05, 0.1) is 0 Å². The lowest BCUT2D eigenvalue weighted by atomic mass is 10.0. The fraction of sp³-hybridized carbons (Fsp3) is 1.00. The van der Waals surface area contributed by atoms with Gasteiger partial charge in [-0.05, 0) is 31.7 Å². The maximum atomic E-state index is 3.55. The number of hydrogen-bond donors (Lipinski definition) is 1. The van der Waals surface area contributed by atoms with Crippen molar-refractivity contribution >= 4 is 0 Å². The van der Waals surface area contributed by atoms with Gasteiger partial charge < -0.3 is 5.32 Å². The quantitative estimate of drug-likeness (QED) is 0.578. The van der Waals surface area contributed by atoms with E-state index < -0.39 is 0 Å². The Morgan fingerprint density at radius 2 is 2.08 bits per heavy atom. The zero-order valence-electron chi connectivity index (χ0n) is 8.60. The van der Waals surface area contributed by atoms with E-state index in [1.165, 1.54) is 45.1 Å². The van der Waals surface area contributed by atoms with Crippen molar-refractivity contribution in [3.63, 3.8) is 0 Å². The van der Waals surface area contributed by atoms with Crippen molar-refractivity contribution in [2.45, 2.75) is 58.4 Å². The molecule has 0 spiro atoms. The third kappa shape index (κ3) is 4.76. The Morgan fingerprint density at radius 1 is 1.33 bits per heavy atom. The molecule has 1 aliphatic carbocycles. The van der Waals surface area contributed by atoms with E-state index in [2.05, 4.69) is 19.2 Å². The number of hydrogen-bond acceptors (Lipinski definition) is 1. The lowest BCUT2D eigenvalue weighted by molar-refractivity contribution is 0.476. The normalized spacial score (nSPS) is 19.5. The molecule has 1 heteroatoms. The third-order valence-corrected chi connectivity index (χ3v) is 2.83. The van der Waals surface area contributed by atoms with Crippen LogP contribution in [0.3, 0.4) is 0 Å². The van der Waals surface area contributed by atoms with Crippen molar-refractivity contribution in [3.05, 3.63) is 0 Å². The second-order valence-corrected chi connectivity index (χ2v) is 4.24. The molecular formula is C11H23N. The summed E-state index contributed by atoms with van der Waals surface area (Å²) in [6, 6.07) is 0.897. The molecule has 1 unspecified atom stereocenters. The van der Waals surface area contributed by atoms with Crippen LogP contribution >= 0.6 is 0 Å². The zero-order valence-corrected chi connectivity index (χ0v) is 8.60. The molecule has 0 aliphatic heterocycles. The van der Waals surface area contributed by atoms with Gasteiger partial charge >= 0.3 is 0 Å². The summed E-state index contributed by atoms with van der Waals surface area (Å²) in [6.45, 7) is 5.89. The highest BCUT2D eigenvalue weighted by molar-refractivity contribution is 4.80. The molecule has 1 rings (SSSR count). The van der Waals surface area contributed by atoms with Gasteiger partial charge in [-0.15, -0.1) is 0 Å². The Labute approximate surface area is 76.9 Å². The zero-order chi connectivity index (χ0) is 8.81. The first-order chi connectivity index (χ1) is 5.83. The maximum absolute atomic E-state index is 3.55. The second kappa shape index (κ2) is 5.58. The van der Waals surface area contributed by atoms with Gasteiger partial charge in [-0.2, -0.15) is 0 Å². The van der Waals surface area contributed by atoms with E-state index in [1.807, 2.05) is 0 Å². The van der Waals surface area contributed by atoms with E-state index in [0.29, 0.717) is 0 Å². The summed E-state index contributed by atoms with van der Waals surface area (Å²) in [7, 11) is 0. The van der Waals surface area contributed by atoms with Crippen molar-refractivity contribution in [2.75, 3.05) is 6.54 Å². The van der Waals surface area contributed by atoms with Gasteiger partial charge in [-0.25, -0.2) is 0 Å². The predicted octanol–water partition coefficient (Wildman–Crippen LogP) is 2.95. The lowest BCUT2D eigenvalue weighted by Crippen LogP contribution is -2.17. The molecule has 1 saturated carbocycles. The smallest absolute Gasteiger partial charge is 0.00682 e. The van der Waals surface area contributed by atoms with Crippen LogP contribution in [0, 0.1) is 5.92 Å². The molecule has 0 saturated heterocycles. The largest absolute Gasteiger partial charge is 0.314 e. The number of nitrogens with one attached hydrogen (secondary N) is 1. The van der Waals surface area contributed by atoms with Crippen LogP contribution in [0.1, 0.15) is 52.4 Å². The first kappa shape index (κ1) is 10.0. The standard InChI is InChI=1S/C11H23N/c1-3-10(2)6-4-5-9-12-11-7-8-11/h10-12H,3-9H2,1-2H3. The van der Waals surface area contributed by atoms with Crippen molar-refractivity contribution in [3.8, 4) is 0 Å². The Bertz CT molecular complexity index is 108. The average Bonchev–Trinajstić information content (AvgIpc) is 2.87. The summed E-state index contributed by atoms with van der Waals surface area (Å²) in [5, 5.41) is 3.55. The van der Waals surface area contributed by atoms with E-state index >= 15 is 0 Å². The first-order valence-electron chi connectivity index (χ1n) is 5.56. The lowest BCUT2D eigenvalue weighted by Gasteiger charge is -2.07. The third-order valence-electron chi connectivity index (χ3n) is 2.83. The highest BCUT2D eigenvalue weighted by Crippen LogP contribution is 2.18. The van der Waals surface area contributed by atoms with Crippen molar-refractivity contribution in [1.82, 2.24) is 5.32 Å². The molecule has 12 heavy (non-hydrogen) atoms. The fourth-order valence-electron chi connectivity index (χ4n) is 1.42. The van der Waals surface area contributed by atoms with Crippen molar-refractivity contribution in [2.24, 2.45) is 5.92 Å². The van der Waals surface area contributed by atoms with Crippen molar-refractivity contribution < 1.29 is 0 Å². The summed E-state index contributed by atoms with van der Waals surface area (Å²) in [4.78, 5) is 0. The van der Waals surface area contributed by atoms with Crippen LogP contribution in [0.15, 0.2) is 0 Å². The van der Waals surface area contributed by atoms with Gasteiger partial charge in [0, 0.05) is 6.04 Å². The molecule has 0 aromatic heterocycles. The summed E-state index contributed by atoms with van der Waals surface area (Å²) in [6.07, 6.45) is 8.39. The number of rotatable bonds is 7. The minimum Gasteiger partial charge on any atom is -0.314 e. The van der Waals surface area contributed by atoms with E-state index in [-0.39, 0.29) is 0 Å². The van der Waals surface area contributed by atoms with E-state index in [0.717, 1.165) is 12.0 Å². The Balaban J connectivity index is 1.75. The summed E-state index contributed by atoms with van der Waals surface area (Å²) < 4.78 is 0. The van der Waals surface area contributed by atoms with Gasteiger partial charge in [0.2, 0.25) is 0 Å². The van der Waals surface area contributed by atoms with Crippen LogP contribution in [0.4, 0.5) is 0 Å². The van der Waals surface area contributed by atoms with Gasteiger partial charge in [0.15, 0.2) is 0 Å².